The first-order valence-electron chi connectivity index (χ1n) is 5.46. The molecule has 0 unspecified atom stereocenters. The van der Waals surface area contributed by atoms with Gasteiger partial charge in [0.1, 0.15) is 16.5 Å². The van der Waals surface area contributed by atoms with E-state index in [0.29, 0.717) is 5.56 Å². The molecule has 0 aromatic heterocycles. The maximum atomic E-state index is 13.5. The first-order valence-corrected chi connectivity index (χ1v) is 6.87. The number of hydrogen-bond donors (Lipinski definition) is 0. The fourth-order valence-electron chi connectivity index (χ4n) is 1.51. The number of benzene rings is 2. The monoisotopic (exact) mass is 302 g/mol. The molecule has 0 aliphatic rings. The van der Waals surface area contributed by atoms with Gasteiger partial charge in [-0.05, 0) is 18.6 Å². The second kappa shape index (κ2) is 5.16. The van der Waals surface area contributed by atoms with Crippen molar-refractivity contribution in [3.05, 3.63) is 59.4 Å². The first-order chi connectivity index (χ1) is 9.31. The van der Waals surface area contributed by atoms with Crippen molar-refractivity contribution in [3.8, 4) is 5.75 Å². The minimum Gasteiger partial charge on any atom is -0.379 e. The van der Waals surface area contributed by atoms with Gasteiger partial charge in [0.05, 0.1) is 0 Å². The quantitative estimate of drug-likeness (QED) is 0.646. The van der Waals surface area contributed by atoms with Crippen molar-refractivity contribution < 1.29 is 25.8 Å². The van der Waals surface area contributed by atoms with E-state index >= 15 is 0 Å². The molecule has 0 aliphatic carbocycles. The van der Waals surface area contributed by atoms with Gasteiger partial charge in [0.25, 0.3) is 0 Å². The molecule has 2 aromatic rings. The summed E-state index contributed by atoms with van der Waals surface area (Å²) in [6.07, 6.45) is 0. The Morgan fingerprint density at radius 3 is 2.20 bits per heavy atom. The predicted octanol–water partition coefficient (Wildman–Crippen LogP) is 3.18. The molecule has 0 spiro atoms. The van der Waals surface area contributed by atoms with Crippen molar-refractivity contribution in [1.82, 2.24) is 0 Å². The van der Waals surface area contributed by atoms with Crippen LogP contribution < -0.4 is 4.18 Å². The van der Waals surface area contributed by atoms with Crippen molar-refractivity contribution in [2.75, 3.05) is 0 Å². The molecule has 7 heteroatoms. The lowest BCUT2D eigenvalue weighted by atomic mass is 10.2. The van der Waals surface area contributed by atoms with Gasteiger partial charge in [-0.25, -0.2) is 13.2 Å². The zero-order chi connectivity index (χ0) is 14.9. The molecule has 0 saturated heterocycles. The number of hydrogen-bond acceptors (Lipinski definition) is 3. The van der Waals surface area contributed by atoms with Crippen LogP contribution >= 0.6 is 0 Å². The molecule has 0 radical (unpaired) electrons. The molecule has 0 amide bonds. The van der Waals surface area contributed by atoms with Gasteiger partial charge < -0.3 is 4.18 Å². The molecule has 0 N–H and O–H groups in total. The highest BCUT2D eigenvalue weighted by Gasteiger charge is 2.24. The Morgan fingerprint density at radius 1 is 0.950 bits per heavy atom. The lowest BCUT2D eigenvalue weighted by Crippen LogP contribution is -2.13. The van der Waals surface area contributed by atoms with E-state index in [0.717, 1.165) is 0 Å². The lowest BCUT2D eigenvalue weighted by Gasteiger charge is -2.10. The molecule has 0 aliphatic heterocycles. The Morgan fingerprint density at radius 2 is 1.55 bits per heavy atom. The third-order valence-electron chi connectivity index (χ3n) is 2.54. The maximum absolute atomic E-state index is 13.5. The van der Waals surface area contributed by atoms with Gasteiger partial charge in [0, 0.05) is 12.1 Å². The van der Waals surface area contributed by atoms with Crippen LogP contribution in [0.4, 0.5) is 13.2 Å². The van der Waals surface area contributed by atoms with E-state index in [9.17, 15) is 21.6 Å². The van der Waals surface area contributed by atoms with Gasteiger partial charge in [-0.15, -0.1) is 0 Å². The average molecular weight is 302 g/mol. The van der Waals surface area contributed by atoms with Crippen LogP contribution in [0, 0.1) is 24.4 Å². The van der Waals surface area contributed by atoms with E-state index < -0.39 is 32.5 Å². The van der Waals surface area contributed by atoms with Crippen LogP contribution in [0.2, 0.25) is 0 Å². The summed E-state index contributed by atoms with van der Waals surface area (Å²) >= 11 is 0. The van der Waals surface area contributed by atoms with Crippen LogP contribution in [0.5, 0.6) is 5.75 Å². The van der Waals surface area contributed by atoms with E-state index in [1.54, 1.807) is 19.1 Å². The van der Waals surface area contributed by atoms with E-state index in [2.05, 4.69) is 0 Å². The van der Waals surface area contributed by atoms with Crippen molar-refractivity contribution in [1.29, 1.82) is 0 Å². The molecule has 2 aromatic carbocycles. The zero-order valence-corrected chi connectivity index (χ0v) is 11.0. The minimum absolute atomic E-state index is 0.0170. The summed E-state index contributed by atoms with van der Waals surface area (Å²) < 4.78 is 67.8. The SMILES string of the molecule is Cc1ccccc1OS(=O)(=O)c1cc(F)c(F)cc1F. The number of halogens is 3. The summed E-state index contributed by atoms with van der Waals surface area (Å²) in [5.74, 6) is -4.38. The molecule has 0 bridgehead atoms. The van der Waals surface area contributed by atoms with Crippen molar-refractivity contribution in [2.45, 2.75) is 11.8 Å². The lowest BCUT2D eigenvalue weighted by molar-refractivity contribution is 0.459. The maximum Gasteiger partial charge on any atom is 0.342 e. The molecule has 2 rings (SSSR count). The minimum atomic E-state index is -4.59. The molecule has 20 heavy (non-hydrogen) atoms. The molecular weight excluding hydrogens is 293 g/mol. The molecular formula is C13H9F3O3S. The van der Waals surface area contributed by atoms with Gasteiger partial charge in [0.15, 0.2) is 11.6 Å². The van der Waals surface area contributed by atoms with Crippen LogP contribution in [0.3, 0.4) is 0 Å². The number of aryl methyl sites for hydroxylation is 1. The molecule has 0 saturated carbocycles. The van der Waals surface area contributed by atoms with Gasteiger partial charge in [0.2, 0.25) is 0 Å². The second-order valence-electron chi connectivity index (χ2n) is 4.00. The van der Waals surface area contributed by atoms with Crippen LogP contribution in [0.25, 0.3) is 0 Å². The van der Waals surface area contributed by atoms with E-state index in [-0.39, 0.29) is 17.9 Å². The first kappa shape index (κ1) is 14.4. The standard InChI is InChI=1S/C13H9F3O3S/c1-8-4-2-3-5-12(8)19-20(17,18)13-7-10(15)9(14)6-11(13)16/h2-7H,1H3. The van der Waals surface area contributed by atoms with Crippen LogP contribution in [-0.4, -0.2) is 8.42 Å². The van der Waals surface area contributed by atoms with Gasteiger partial charge in [-0.2, -0.15) is 8.42 Å². The van der Waals surface area contributed by atoms with Crippen molar-refractivity contribution in [2.24, 2.45) is 0 Å². The molecule has 0 fully saturated rings. The Kier molecular flexibility index (Phi) is 3.71. The summed E-state index contributed by atoms with van der Waals surface area (Å²) in [5.41, 5.74) is 0.499. The Labute approximate surface area is 113 Å². The van der Waals surface area contributed by atoms with Crippen LogP contribution in [0.1, 0.15) is 5.56 Å². The largest absolute Gasteiger partial charge is 0.379 e. The smallest absolute Gasteiger partial charge is 0.342 e. The molecule has 3 nitrogen and oxygen atoms in total. The van der Waals surface area contributed by atoms with Gasteiger partial charge in [-0.3, -0.25) is 0 Å². The van der Waals surface area contributed by atoms with Crippen LogP contribution in [-0.2, 0) is 10.1 Å². The third-order valence-corrected chi connectivity index (χ3v) is 3.79. The van der Waals surface area contributed by atoms with Crippen LogP contribution in [0.15, 0.2) is 41.3 Å². The fourth-order valence-corrected chi connectivity index (χ4v) is 2.57. The zero-order valence-electron chi connectivity index (χ0n) is 10.2. The average Bonchev–Trinajstić information content (AvgIpc) is 2.36. The summed E-state index contributed by atoms with van der Waals surface area (Å²) in [5, 5.41) is 0. The highest BCUT2D eigenvalue weighted by molar-refractivity contribution is 7.87. The Hall–Kier alpha value is -2.02. The number of rotatable bonds is 3. The third kappa shape index (κ3) is 2.77. The Bertz CT molecular complexity index is 757. The van der Waals surface area contributed by atoms with Crippen molar-refractivity contribution in [3.63, 3.8) is 0 Å². The number of para-hydroxylation sites is 1. The summed E-state index contributed by atoms with van der Waals surface area (Å²) in [4.78, 5) is -1.06. The highest BCUT2D eigenvalue weighted by Crippen LogP contribution is 2.25. The van der Waals surface area contributed by atoms with Gasteiger partial charge >= 0.3 is 10.1 Å². The second-order valence-corrected chi connectivity index (χ2v) is 5.51. The Balaban J connectivity index is 2.47. The van der Waals surface area contributed by atoms with E-state index in [1.807, 2.05) is 0 Å². The topological polar surface area (TPSA) is 43.4 Å². The van der Waals surface area contributed by atoms with E-state index in [1.165, 1.54) is 12.1 Å². The highest BCUT2D eigenvalue weighted by atomic mass is 32.2. The van der Waals surface area contributed by atoms with Gasteiger partial charge in [-0.1, -0.05) is 18.2 Å². The summed E-state index contributed by atoms with van der Waals surface area (Å²) in [6.45, 7) is 1.59. The molecule has 106 valence electrons. The normalized spacial score (nSPS) is 11.4. The predicted molar refractivity (Wildman–Crippen MR) is 65.3 cm³/mol. The summed E-state index contributed by atoms with van der Waals surface area (Å²) in [7, 11) is -4.59. The fraction of sp³-hybridized carbons (Fsp3) is 0.0769. The molecule has 0 atom stereocenters. The molecule has 0 heterocycles. The van der Waals surface area contributed by atoms with Crippen molar-refractivity contribution >= 4 is 10.1 Å². The van der Waals surface area contributed by atoms with E-state index in [4.69, 9.17) is 4.18 Å². The summed E-state index contributed by atoms with van der Waals surface area (Å²) in [6, 6.07) is 6.55.